The molecular weight excluding hydrogens is 286 g/mol. The van der Waals surface area contributed by atoms with Crippen molar-refractivity contribution in [3.63, 3.8) is 0 Å². The van der Waals surface area contributed by atoms with Crippen molar-refractivity contribution in [2.24, 2.45) is 0 Å². The van der Waals surface area contributed by atoms with Crippen LogP contribution in [0.15, 0.2) is 30.6 Å². The molecule has 1 saturated carbocycles. The second-order valence-corrected chi connectivity index (χ2v) is 5.42. The molecule has 21 heavy (non-hydrogen) atoms. The Morgan fingerprint density at radius 2 is 2.19 bits per heavy atom. The van der Waals surface area contributed by atoms with Crippen molar-refractivity contribution in [1.29, 1.82) is 0 Å². The summed E-state index contributed by atoms with van der Waals surface area (Å²) in [6.45, 7) is 4.84. The summed E-state index contributed by atoms with van der Waals surface area (Å²) in [6, 6.07) is 6.40. The van der Waals surface area contributed by atoms with Crippen molar-refractivity contribution in [1.82, 2.24) is 14.9 Å². The highest BCUT2D eigenvalue weighted by atomic mass is 35.5. The van der Waals surface area contributed by atoms with E-state index in [4.69, 9.17) is 0 Å². The number of nitrogens with zero attached hydrogens (tertiary/aromatic N) is 2. The molecular formula is C16H20ClN3O. The van der Waals surface area contributed by atoms with Crippen LogP contribution >= 0.6 is 12.4 Å². The van der Waals surface area contributed by atoms with E-state index in [1.165, 1.54) is 29.8 Å². The molecule has 1 aliphatic carbocycles. The van der Waals surface area contributed by atoms with Crippen LogP contribution in [0.1, 0.15) is 46.2 Å². The SMILES string of the molecule is Cc1cc(CNC(=O)c2cccnc2)c(C)n1C1CC1.Cl. The van der Waals surface area contributed by atoms with Gasteiger partial charge in [0.25, 0.3) is 5.91 Å². The molecule has 3 rings (SSSR count). The zero-order valence-corrected chi connectivity index (χ0v) is 13.1. The number of hydrogen-bond acceptors (Lipinski definition) is 2. The average molecular weight is 306 g/mol. The highest BCUT2D eigenvalue weighted by molar-refractivity contribution is 5.93. The number of aryl methyl sites for hydroxylation is 1. The summed E-state index contributed by atoms with van der Waals surface area (Å²) in [5.74, 6) is -0.0747. The number of nitrogens with one attached hydrogen (secondary N) is 1. The molecule has 1 fully saturated rings. The minimum atomic E-state index is -0.0747. The van der Waals surface area contributed by atoms with Crippen LogP contribution < -0.4 is 5.32 Å². The molecule has 1 N–H and O–H groups in total. The maximum atomic E-state index is 12.0. The van der Waals surface area contributed by atoms with Gasteiger partial charge in [0.2, 0.25) is 0 Å². The zero-order valence-electron chi connectivity index (χ0n) is 12.3. The fraction of sp³-hybridized carbons (Fsp3) is 0.375. The van der Waals surface area contributed by atoms with Crippen LogP contribution in [0.4, 0.5) is 0 Å². The normalized spacial score (nSPS) is 13.6. The van der Waals surface area contributed by atoms with E-state index < -0.39 is 0 Å². The van der Waals surface area contributed by atoms with Gasteiger partial charge in [0.1, 0.15) is 0 Å². The van der Waals surface area contributed by atoms with Crippen molar-refractivity contribution < 1.29 is 4.79 Å². The predicted octanol–water partition coefficient (Wildman–Crippen LogP) is 3.19. The van der Waals surface area contributed by atoms with Crippen LogP contribution in [0.5, 0.6) is 0 Å². The molecule has 1 amide bonds. The van der Waals surface area contributed by atoms with Gasteiger partial charge in [-0.2, -0.15) is 0 Å². The van der Waals surface area contributed by atoms with Crippen molar-refractivity contribution in [2.75, 3.05) is 0 Å². The van der Waals surface area contributed by atoms with E-state index in [0.717, 1.165) is 0 Å². The highest BCUT2D eigenvalue weighted by Crippen LogP contribution is 2.38. The number of pyridine rings is 1. The third-order valence-electron chi connectivity index (χ3n) is 3.86. The smallest absolute Gasteiger partial charge is 0.253 e. The van der Waals surface area contributed by atoms with Gasteiger partial charge >= 0.3 is 0 Å². The zero-order chi connectivity index (χ0) is 14.1. The summed E-state index contributed by atoms with van der Waals surface area (Å²) < 4.78 is 2.39. The van der Waals surface area contributed by atoms with Gasteiger partial charge in [0, 0.05) is 36.4 Å². The van der Waals surface area contributed by atoms with Gasteiger partial charge in [0.15, 0.2) is 0 Å². The number of carbonyl (C=O) groups excluding carboxylic acids is 1. The Labute approximate surface area is 131 Å². The van der Waals surface area contributed by atoms with Crippen molar-refractivity contribution >= 4 is 18.3 Å². The van der Waals surface area contributed by atoms with Crippen LogP contribution in [0.25, 0.3) is 0 Å². The van der Waals surface area contributed by atoms with E-state index in [0.29, 0.717) is 18.2 Å². The summed E-state index contributed by atoms with van der Waals surface area (Å²) in [5.41, 5.74) is 4.36. The Kier molecular flexibility index (Phi) is 4.68. The number of aromatic nitrogens is 2. The Morgan fingerprint density at radius 3 is 2.81 bits per heavy atom. The summed E-state index contributed by atoms with van der Waals surface area (Å²) in [6.07, 6.45) is 5.80. The van der Waals surface area contributed by atoms with E-state index >= 15 is 0 Å². The molecule has 2 aromatic heterocycles. The fourth-order valence-corrected chi connectivity index (χ4v) is 2.69. The lowest BCUT2D eigenvalue weighted by molar-refractivity contribution is 0.0950. The third kappa shape index (κ3) is 3.27. The van der Waals surface area contributed by atoms with Crippen LogP contribution in [-0.4, -0.2) is 15.5 Å². The van der Waals surface area contributed by atoms with E-state index in [9.17, 15) is 4.79 Å². The summed E-state index contributed by atoms with van der Waals surface area (Å²) >= 11 is 0. The monoisotopic (exact) mass is 305 g/mol. The summed E-state index contributed by atoms with van der Waals surface area (Å²) in [5, 5.41) is 2.96. The molecule has 0 spiro atoms. The quantitative estimate of drug-likeness (QED) is 0.943. The summed E-state index contributed by atoms with van der Waals surface area (Å²) in [7, 11) is 0. The first-order valence-electron chi connectivity index (χ1n) is 7.02. The third-order valence-corrected chi connectivity index (χ3v) is 3.86. The van der Waals surface area contributed by atoms with Gasteiger partial charge in [-0.3, -0.25) is 9.78 Å². The molecule has 0 aromatic carbocycles. The molecule has 0 bridgehead atoms. The lowest BCUT2D eigenvalue weighted by atomic mass is 10.2. The van der Waals surface area contributed by atoms with Gasteiger partial charge in [-0.1, -0.05) is 0 Å². The van der Waals surface area contributed by atoms with Crippen molar-refractivity contribution in [3.8, 4) is 0 Å². The molecule has 2 aromatic rings. The molecule has 0 atom stereocenters. The van der Waals surface area contributed by atoms with Crippen molar-refractivity contribution in [2.45, 2.75) is 39.3 Å². The molecule has 0 radical (unpaired) electrons. The van der Waals surface area contributed by atoms with E-state index in [-0.39, 0.29) is 18.3 Å². The first-order valence-corrected chi connectivity index (χ1v) is 7.02. The standard InChI is InChI=1S/C16H19N3O.ClH/c1-11-8-14(12(2)19(11)15-5-6-15)10-18-16(20)13-4-3-7-17-9-13;/h3-4,7-9,15H,5-6,10H2,1-2H3,(H,18,20);1H. The molecule has 0 unspecified atom stereocenters. The predicted molar refractivity (Wildman–Crippen MR) is 84.8 cm³/mol. The summed E-state index contributed by atoms with van der Waals surface area (Å²) in [4.78, 5) is 16.0. The van der Waals surface area contributed by atoms with E-state index in [2.05, 4.69) is 34.8 Å². The molecule has 5 heteroatoms. The molecule has 2 heterocycles. The Bertz CT molecular complexity index is 632. The molecule has 1 aliphatic rings. The first kappa shape index (κ1) is 15.6. The second kappa shape index (κ2) is 6.31. The van der Waals surface area contributed by atoms with Gasteiger partial charge in [-0.05, 0) is 50.5 Å². The maximum Gasteiger partial charge on any atom is 0.253 e. The van der Waals surface area contributed by atoms with Crippen LogP contribution in [0.3, 0.4) is 0 Å². The van der Waals surface area contributed by atoms with Crippen LogP contribution in [-0.2, 0) is 6.54 Å². The number of halogens is 1. The Morgan fingerprint density at radius 1 is 1.43 bits per heavy atom. The molecule has 0 aliphatic heterocycles. The van der Waals surface area contributed by atoms with E-state index in [1.807, 2.05) is 0 Å². The van der Waals surface area contributed by atoms with Gasteiger partial charge in [-0.25, -0.2) is 0 Å². The highest BCUT2D eigenvalue weighted by Gasteiger charge is 2.26. The number of carbonyl (C=O) groups is 1. The van der Waals surface area contributed by atoms with Crippen LogP contribution in [0.2, 0.25) is 0 Å². The number of rotatable bonds is 4. The molecule has 0 saturated heterocycles. The Balaban J connectivity index is 0.00000161. The molecule has 112 valence electrons. The largest absolute Gasteiger partial charge is 0.348 e. The van der Waals surface area contributed by atoms with Gasteiger partial charge < -0.3 is 9.88 Å². The van der Waals surface area contributed by atoms with E-state index in [1.54, 1.807) is 24.5 Å². The number of hydrogen-bond donors (Lipinski definition) is 1. The minimum Gasteiger partial charge on any atom is -0.348 e. The Hall–Kier alpha value is -1.81. The molecule has 4 nitrogen and oxygen atoms in total. The van der Waals surface area contributed by atoms with Crippen molar-refractivity contribution in [3.05, 3.63) is 53.1 Å². The van der Waals surface area contributed by atoms with Gasteiger partial charge in [-0.15, -0.1) is 12.4 Å². The maximum absolute atomic E-state index is 12.0. The topological polar surface area (TPSA) is 46.9 Å². The van der Waals surface area contributed by atoms with Crippen LogP contribution in [0, 0.1) is 13.8 Å². The average Bonchev–Trinajstić information content (AvgIpc) is 3.24. The lowest BCUT2D eigenvalue weighted by Crippen LogP contribution is -2.23. The minimum absolute atomic E-state index is 0. The lowest BCUT2D eigenvalue weighted by Gasteiger charge is -2.08. The second-order valence-electron chi connectivity index (χ2n) is 5.42. The van der Waals surface area contributed by atoms with Gasteiger partial charge in [0.05, 0.1) is 5.56 Å². The fourth-order valence-electron chi connectivity index (χ4n) is 2.69. The first-order chi connectivity index (χ1) is 9.66. The number of amides is 1.